The Morgan fingerprint density at radius 1 is 0.967 bits per heavy atom. The van der Waals surface area contributed by atoms with Crippen LogP contribution in [-0.4, -0.2) is 61.4 Å². The van der Waals surface area contributed by atoms with Gasteiger partial charge in [0, 0.05) is 31.9 Å². The molecule has 0 bridgehead atoms. The van der Waals surface area contributed by atoms with Crippen molar-refractivity contribution in [1.29, 1.82) is 0 Å². The number of imide groups is 1. The van der Waals surface area contributed by atoms with Gasteiger partial charge in [-0.15, -0.1) is 0 Å². The van der Waals surface area contributed by atoms with E-state index in [9.17, 15) is 9.59 Å². The number of piperazine rings is 1. The van der Waals surface area contributed by atoms with E-state index in [1.165, 1.54) is 10.6 Å². The van der Waals surface area contributed by atoms with Crippen molar-refractivity contribution in [2.24, 2.45) is 0 Å². The summed E-state index contributed by atoms with van der Waals surface area (Å²) in [7, 11) is 0. The molecule has 2 aromatic rings. The summed E-state index contributed by atoms with van der Waals surface area (Å²) >= 11 is 0. The molecule has 0 radical (unpaired) electrons. The number of hydrogen-bond acceptors (Lipinski definition) is 6. The Morgan fingerprint density at radius 2 is 1.70 bits per heavy atom. The molecule has 30 heavy (non-hydrogen) atoms. The van der Waals surface area contributed by atoms with Crippen molar-refractivity contribution in [1.82, 2.24) is 15.1 Å². The summed E-state index contributed by atoms with van der Waals surface area (Å²) in [5, 5.41) is 2.87. The molecule has 2 fully saturated rings. The number of hydrogen-bond donors (Lipinski definition) is 1. The lowest BCUT2D eigenvalue weighted by atomic mass is 9.92. The lowest BCUT2D eigenvalue weighted by molar-refractivity contribution is -0.132. The van der Waals surface area contributed by atoms with Crippen LogP contribution in [0.15, 0.2) is 48.5 Å². The molecule has 0 spiro atoms. The Balaban J connectivity index is 1.26. The quantitative estimate of drug-likeness (QED) is 0.780. The van der Waals surface area contributed by atoms with Gasteiger partial charge < -0.3 is 19.7 Å². The topological polar surface area (TPSA) is 74.4 Å². The second-order valence-corrected chi connectivity index (χ2v) is 7.94. The molecule has 8 nitrogen and oxygen atoms in total. The van der Waals surface area contributed by atoms with Crippen LogP contribution in [0.2, 0.25) is 0 Å². The van der Waals surface area contributed by atoms with Gasteiger partial charge >= 0.3 is 6.03 Å². The van der Waals surface area contributed by atoms with Gasteiger partial charge in [0.25, 0.3) is 5.91 Å². The summed E-state index contributed by atoms with van der Waals surface area (Å²) in [6.45, 7) is 5.46. The van der Waals surface area contributed by atoms with Gasteiger partial charge in [0.05, 0.1) is 6.67 Å². The van der Waals surface area contributed by atoms with Gasteiger partial charge in [-0.1, -0.05) is 24.3 Å². The van der Waals surface area contributed by atoms with Gasteiger partial charge in [0.15, 0.2) is 11.5 Å². The lowest BCUT2D eigenvalue weighted by Crippen LogP contribution is -2.51. The molecule has 1 N–H and O–H groups in total. The van der Waals surface area contributed by atoms with Gasteiger partial charge in [0.1, 0.15) is 5.54 Å². The van der Waals surface area contributed by atoms with Crippen molar-refractivity contribution in [2.45, 2.75) is 12.5 Å². The summed E-state index contributed by atoms with van der Waals surface area (Å²) in [5.74, 6) is 0.982. The Morgan fingerprint density at radius 3 is 2.47 bits per heavy atom. The minimum absolute atomic E-state index is 0.164. The van der Waals surface area contributed by atoms with E-state index in [0.29, 0.717) is 17.1 Å². The molecule has 2 aromatic carbocycles. The molecule has 2 saturated heterocycles. The van der Waals surface area contributed by atoms with Crippen molar-refractivity contribution in [3.05, 3.63) is 54.1 Å². The van der Waals surface area contributed by atoms with Crippen LogP contribution in [0.5, 0.6) is 11.5 Å². The number of rotatable bonds is 4. The molecule has 3 aliphatic heterocycles. The number of carbonyl (C=O) groups excluding carboxylic acids is 2. The third kappa shape index (κ3) is 3.13. The standard InChI is InChI=1S/C22H24N4O4/c1-22(16-7-8-18-19(13-16)30-15-29-18)20(27)26(21(28)23-22)14-24-9-11-25(12-10-24)17-5-3-2-4-6-17/h2-8,13H,9-12,14-15H2,1H3,(H,23,28)/t22-/m0/s1. The first kappa shape index (κ1) is 18.7. The fourth-order valence-electron chi connectivity index (χ4n) is 4.21. The first-order valence-corrected chi connectivity index (χ1v) is 10.1. The Hall–Kier alpha value is -3.26. The third-order valence-electron chi connectivity index (χ3n) is 6.06. The monoisotopic (exact) mass is 408 g/mol. The number of para-hydroxylation sites is 1. The van der Waals surface area contributed by atoms with Crippen LogP contribution in [0.1, 0.15) is 12.5 Å². The van der Waals surface area contributed by atoms with Gasteiger partial charge in [-0.05, 0) is 36.8 Å². The molecular formula is C22H24N4O4. The molecule has 156 valence electrons. The molecule has 3 amide bonds. The fourth-order valence-corrected chi connectivity index (χ4v) is 4.21. The predicted molar refractivity (Wildman–Crippen MR) is 110 cm³/mol. The first-order valence-electron chi connectivity index (χ1n) is 10.1. The maximum absolute atomic E-state index is 13.2. The van der Waals surface area contributed by atoms with Crippen LogP contribution in [0.25, 0.3) is 0 Å². The molecule has 3 aliphatic rings. The smallest absolute Gasteiger partial charge is 0.326 e. The highest BCUT2D eigenvalue weighted by atomic mass is 16.7. The van der Waals surface area contributed by atoms with Crippen LogP contribution >= 0.6 is 0 Å². The zero-order chi connectivity index (χ0) is 20.7. The Kier molecular flexibility index (Phi) is 4.51. The number of amides is 3. The SMILES string of the molecule is C[C@@]1(c2ccc3c(c2)OCO3)NC(=O)N(CN2CCN(c3ccccc3)CC2)C1=O. The molecule has 5 rings (SSSR count). The van der Waals surface area contributed by atoms with Crippen LogP contribution in [-0.2, 0) is 10.3 Å². The maximum atomic E-state index is 13.2. The van der Waals surface area contributed by atoms with Gasteiger partial charge in [0.2, 0.25) is 6.79 Å². The minimum Gasteiger partial charge on any atom is -0.454 e. The second-order valence-electron chi connectivity index (χ2n) is 7.94. The average molecular weight is 408 g/mol. The first-order chi connectivity index (χ1) is 14.5. The summed E-state index contributed by atoms with van der Waals surface area (Å²) < 4.78 is 10.8. The molecule has 0 aliphatic carbocycles. The number of nitrogens with one attached hydrogen (secondary N) is 1. The van der Waals surface area contributed by atoms with Crippen molar-refractivity contribution < 1.29 is 19.1 Å². The van der Waals surface area contributed by atoms with Crippen molar-refractivity contribution in [3.63, 3.8) is 0 Å². The van der Waals surface area contributed by atoms with Crippen molar-refractivity contribution in [3.8, 4) is 11.5 Å². The molecule has 0 aromatic heterocycles. The maximum Gasteiger partial charge on any atom is 0.326 e. The van der Waals surface area contributed by atoms with Crippen molar-refractivity contribution >= 4 is 17.6 Å². The third-order valence-corrected chi connectivity index (χ3v) is 6.06. The number of urea groups is 1. The molecule has 8 heteroatoms. The number of nitrogens with zero attached hydrogens (tertiary/aromatic N) is 3. The van der Waals surface area contributed by atoms with Crippen LogP contribution < -0.4 is 19.7 Å². The summed E-state index contributed by atoms with van der Waals surface area (Å²) in [6, 6.07) is 15.2. The van der Waals surface area contributed by atoms with E-state index in [-0.39, 0.29) is 25.4 Å². The Bertz CT molecular complexity index is 974. The number of carbonyl (C=O) groups is 2. The molecule has 0 saturated carbocycles. The molecule has 3 heterocycles. The second kappa shape index (κ2) is 7.21. The van der Waals surface area contributed by atoms with Crippen LogP contribution in [0.4, 0.5) is 10.5 Å². The predicted octanol–water partition coefficient (Wildman–Crippen LogP) is 1.96. The minimum atomic E-state index is -1.12. The van der Waals surface area contributed by atoms with Gasteiger partial charge in [-0.3, -0.25) is 9.69 Å². The van der Waals surface area contributed by atoms with E-state index < -0.39 is 5.54 Å². The normalized spacial score (nSPS) is 23.8. The lowest BCUT2D eigenvalue weighted by Gasteiger charge is -2.37. The average Bonchev–Trinajstić information content (AvgIpc) is 3.33. The van der Waals surface area contributed by atoms with E-state index in [4.69, 9.17) is 9.47 Å². The molecular weight excluding hydrogens is 384 g/mol. The van der Waals surface area contributed by atoms with E-state index in [1.807, 2.05) is 18.2 Å². The van der Waals surface area contributed by atoms with Gasteiger partial charge in [-0.25, -0.2) is 9.69 Å². The number of anilines is 1. The number of benzene rings is 2. The fraction of sp³-hybridized carbons (Fsp3) is 0.364. The van der Waals surface area contributed by atoms with E-state index in [0.717, 1.165) is 26.2 Å². The summed E-state index contributed by atoms with van der Waals surface area (Å²) in [5.41, 5.74) is 0.758. The molecule has 1 atom stereocenters. The van der Waals surface area contributed by atoms with Crippen LogP contribution in [0.3, 0.4) is 0 Å². The zero-order valence-corrected chi connectivity index (χ0v) is 16.8. The summed E-state index contributed by atoms with van der Waals surface area (Å²) in [4.78, 5) is 31.7. The van der Waals surface area contributed by atoms with Crippen molar-refractivity contribution in [2.75, 3.05) is 44.5 Å². The highest BCUT2D eigenvalue weighted by Gasteiger charge is 2.49. The highest BCUT2D eigenvalue weighted by Crippen LogP contribution is 2.37. The zero-order valence-electron chi connectivity index (χ0n) is 16.8. The highest BCUT2D eigenvalue weighted by molar-refractivity contribution is 6.07. The van der Waals surface area contributed by atoms with Crippen LogP contribution in [0, 0.1) is 0 Å². The molecule has 0 unspecified atom stereocenters. The number of ether oxygens (including phenoxy) is 2. The van der Waals surface area contributed by atoms with Gasteiger partial charge in [-0.2, -0.15) is 0 Å². The van der Waals surface area contributed by atoms with E-state index in [2.05, 4.69) is 27.2 Å². The number of fused-ring (bicyclic) bond motifs is 1. The Labute approximate surface area is 174 Å². The van der Waals surface area contributed by atoms with E-state index >= 15 is 0 Å². The van der Waals surface area contributed by atoms with E-state index in [1.54, 1.807) is 25.1 Å². The summed E-state index contributed by atoms with van der Waals surface area (Å²) in [6.07, 6.45) is 0. The largest absolute Gasteiger partial charge is 0.454 e.